The largest absolute Gasteiger partial charge is 0.197 e. The number of halogens is 5. The molecule has 43 heavy (non-hydrogen) atoms. The van der Waals surface area contributed by atoms with E-state index >= 15 is 0 Å². The van der Waals surface area contributed by atoms with Crippen LogP contribution in [0.3, 0.4) is 0 Å². The van der Waals surface area contributed by atoms with Crippen LogP contribution in [-0.2, 0) is 0 Å². The van der Waals surface area contributed by atoms with Crippen LogP contribution in [0, 0.1) is 29.6 Å². The predicted octanol–water partition coefficient (Wildman–Crippen LogP) is 9.99. The number of rotatable bonds is 6. The van der Waals surface area contributed by atoms with E-state index in [4.69, 9.17) is 58.0 Å². The summed E-state index contributed by atoms with van der Waals surface area (Å²) in [6, 6.07) is 29.5. The normalized spacial score (nSPS) is 11.8. The third-order valence-corrected chi connectivity index (χ3v) is 8.21. The molecular formula is C31H19Cl5N6S. The summed E-state index contributed by atoms with van der Waals surface area (Å²) in [5.74, 6) is -1.18. The van der Waals surface area contributed by atoms with Gasteiger partial charge in [0, 0.05) is 25.0 Å². The summed E-state index contributed by atoms with van der Waals surface area (Å²) in [4.78, 5) is 1.09. The smallest absolute Gasteiger partial charge is 0.151 e. The monoisotopic (exact) mass is 682 g/mol. The Morgan fingerprint density at radius 3 is 1.53 bits per heavy atom. The maximum Gasteiger partial charge on any atom is 0.151 e. The Hall–Kier alpha value is -3.40. The van der Waals surface area contributed by atoms with Crippen LogP contribution < -0.4 is 0 Å². The molecule has 2 atom stereocenters. The van der Waals surface area contributed by atoms with Crippen molar-refractivity contribution in [2.45, 2.75) is 28.7 Å². The third kappa shape index (κ3) is 8.81. The molecule has 0 aliphatic rings. The lowest BCUT2D eigenvalue weighted by Gasteiger charge is -2.11. The van der Waals surface area contributed by atoms with Crippen LogP contribution in [0.25, 0.3) is 0 Å². The second-order valence-electron chi connectivity index (χ2n) is 8.95. The second-order valence-corrected chi connectivity index (χ2v) is 12.1. The van der Waals surface area contributed by atoms with Gasteiger partial charge in [0.05, 0.1) is 23.5 Å². The fraction of sp³-hybridized carbons (Fsp3) is 0.0968. The van der Waals surface area contributed by atoms with Gasteiger partial charge in [-0.25, -0.2) is 0 Å². The van der Waals surface area contributed by atoms with Crippen LogP contribution in [0.5, 0.6) is 0 Å². The minimum atomic E-state index is -0.598. The maximum absolute atomic E-state index is 9.54. The van der Waals surface area contributed by atoms with E-state index < -0.39 is 11.8 Å². The summed E-state index contributed by atoms with van der Waals surface area (Å²) in [6.45, 7) is 2.05. The zero-order valence-corrected chi connectivity index (χ0v) is 26.8. The van der Waals surface area contributed by atoms with Crippen molar-refractivity contribution in [1.82, 2.24) is 20.4 Å². The molecule has 0 aliphatic heterocycles. The van der Waals surface area contributed by atoms with Gasteiger partial charge in [0.25, 0.3) is 0 Å². The van der Waals surface area contributed by atoms with Crippen LogP contribution in [0.1, 0.15) is 39.9 Å². The van der Waals surface area contributed by atoms with Gasteiger partial charge >= 0.3 is 0 Å². The highest BCUT2D eigenvalue weighted by molar-refractivity contribution is 7.99. The van der Waals surface area contributed by atoms with Gasteiger partial charge < -0.3 is 0 Å². The van der Waals surface area contributed by atoms with Crippen molar-refractivity contribution in [3.8, 4) is 12.1 Å². The lowest BCUT2D eigenvalue weighted by molar-refractivity contribution is 0.837. The minimum Gasteiger partial charge on any atom is -0.197 e. The number of aryl methyl sites for hydroxylation is 1. The maximum atomic E-state index is 9.54. The molecule has 0 aliphatic carbocycles. The van der Waals surface area contributed by atoms with Gasteiger partial charge in [-0.1, -0.05) is 99.6 Å². The Morgan fingerprint density at radius 1 is 0.605 bits per heavy atom. The van der Waals surface area contributed by atoms with Crippen molar-refractivity contribution < 1.29 is 0 Å². The van der Waals surface area contributed by atoms with Gasteiger partial charge in [-0.05, 0) is 78.7 Å². The predicted molar refractivity (Wildman–Crippen MR) is 172 cm³/mol. The molecule has 0 bridgehead atoms. The summed E-state index contributed by atoms with van der Waals surface area (Å²) in [5, 5.41) is 37.8. The molecule has 0 fully saturated rings. The topological polar surface area (TPSA) is 99.1 Å². The van der Waals surface area contributed by atoms with Crippen molar-refractivity contribution in [2.24, 2.45) is 0 Å². The molecule has 0 saturated heterocycles. The molecule has 0 radical (unpaired) electrons. The molecule has 0 amide bonds. The Kier molecular flexibility index (Phi) is 11.6. The van der Waals surface area contributed by atoms with Crippen molar-refractivity contribution in [2.75, 3.05) is 0 Å². The number of nitriles is 2. The Bertz CT molecular complexity index is 1790. The standard InChI is InChI=1S/C19H13Cl2N3S.C12H6Cl3N3/c1-12-2-5-14(6-3-12)25-19-9-8-18(23-24-19)16(11-22)15-7-4-13(20)10-17(15)21;13-7-1-2-8(10(14)5-7)9(6-16)11-3-4-12(15)18-17-11/h2-10,16H,1H3;1-5,9H. The number of hydrogen-bond acceptors (Lipinski definition) is 7. The molecule has 12 heteroatoms. The van der Waals surface area contributed by atoms with E-state index in [9.17, 15) is 10.5 Å². The SMILES string of the molecule is Cc1ccc(Sc2ccc(C(C#N)c3ccc(Cl)cc3Cl)nn2)cc1.N#CC(c1ccc(Cl)nn1)c1ccc(Cl)cc1Cl. The molecule has 3 aromatic carbocycles. The first-order chi connectivity index (χ1) is 20.7. The van der Waals surface area contributed by atoms with Crippen LogP contribution in [0.15, 0.2) is 94.9 Å². The number of nitrogens with zero attached hydrogens (tertiary/aromatic N) is 6. The molecular weight excluding hydrogens is 666 g/mol. The lowest BCUT2D eigenvalue weighted by Crippen LogP contribution is -2.03. The van der Waals surface area contributed by atoms with Crippen molar-refractivity contribution in [1.29, 1.82) is 10.5 Å². The van der Waals surface area contributed by atoms with Crippen molar-refractivity contribution in [3.63, 3.8) is 0 Å². The lowest BCUT2D eigenvalue weighted by atomic mass is 9.97. The highest BCUT2D eigenvalue weighted by atomic mass is 35.5. The average molecular weight is 685 g/mol. The molecule has 2 unspecified atom stereocenters. The summed E-state index contributed by atoms with van der Waals surface area (Å²) >= 11 is 31.2. The average Bonchev–Trinajstić information content (AvgIpc) is 2.99. The van der Waals surface area contributed by atoms with Gasteiger partial charge in [0.2, 0.25) is 0 Å². The second kappa shape index (κ2) is 15.4. The first kappa shape index (κ1) is 32.5. The molecule has 0 saturated carbocycles. The molecule has 2 aromatic heterocycles. The minimum absolute atomic E-state index is 0.276. The number of hydrogen-bond donors (Lipinski definition) is 0. The quantitative estimate of drug-likeness (QED) is 0.176. The third-order valence-electron chi connectivity index (χ3n) is 5.95. The summed E-state index contributed by atoms with van der Waals surface area (Å²) in [6.07, 6.45) is 0. The van der Waals surface area contributed by atoms with Crippen LogP contribution in [-0.4, -0.2) is 20.4 Å². The highest BCUT2D eigenvalue weighted by Gasteiger charge is 2.20. The van der Waals surface area contributed by atoms with Gasteiger partial charge in [-0.2, -0.15) is 20.7 Å². The fourth-order valence-corrected chi connectivity index (χ4v) is 5.67. The molecule has 214 valence electrons. The van der Waals surface area contributed by atoms with E-state index in [0.717, 1.165) is 9.92 Å². The Labute approximate surface area is 278 Å². The molecule has 0 spiro atoms. The van der Waals surface area contributed by atoms with Crippen molar-refractivity contribution >= 4 is 69.8 Å². The van der Waals surface area contributed by atoms with E-state index in [-0.39, 0.29) is 5.15 Å². The van der Waals surface area contributed by atoms with E-state index in [2.05, 4.69) is 44.7 Å². The van der Waals surface area contributed by atoms with Gasteiger partial charge in [-0.3, -0.25) is 0 Å². The van der Waals surface area contributed by atoms with Crippen LogP contribution in [0.4, 0.5) is 0 Å². The summed E-state index contributed by atoms with van der Waals surface area (Å²) in [5.41, 5.74) is 3.57. The summed E-state index contributed by atoms with van der Waals surface area (Å²) < 4.78 is 0. The van der Waals surface area contributed by atoms with Gasteiger partial charge in [0.15, 0.2) is 5.15 Å². The molecule has 2 heterocycles. The number of benzene rings is 3. The van der Waals surface area contributed by atoms with E-state index in [0.29, 0.717) is 42.6 Å². The van der Waals surface area contributed by atoms with Gasteiger partial charge in [-0.15, -0.1) is 10.2 Å². The zero-order valence-electron chi connectivity index (χ0n) is 22.2. The summed E-state index contributed by atoms with van der Waals surface area (Å²) in [7, 11) is 0. The van der Waals surface area contributed by atoms with Crippen LogP contribution >= 0.6 is 69.8 Å². The van der Waals surface area contributed by atoms with Gasteiger partial charge in [0.1, 0.15) is 16.9 Å². The first-order valence-corrected chi connectivity index (χ1v) is 15.2. The highest BCUT2D eigenvalue weighted by Crippen LogP contribution is 2.33. The molecule has 5 rings (SSSR count). The van der Waals surface area contributed by atoms with E-state index in [1.54, 1.807) is 48.5 Å². The first-order valence-electron chi connectivity index (χ1n) is 12.4. The van der Waals surface area contributed by atoms with E-state index in [1.165, 1.54) is 17.3 Å². The Morgan fingerprint density at radius 2 is 1.12 bits per heavy atom. The number of aromatic nitrogens is 4. The van der Waals surface area contributed by atoms with Crippen molar-refractivity contribution in [3.05, 3.63) is 138 Å². The molecule has 5 aromatic rings. The Balaban J connectivity index is 0.000000208. The van der Waals surface area contributed by atoms with Crippen LogP contribution in [0.2, 0.25) is 25.2 Å². The molecule has 6 nitrogen and oxygen atoms in total. The fourth-order valence-electron chi connectivity index (χ4n) is 3.81. The zero-order chi connectivity index (χ0) is 30.9. The molecule has 0 N–H and O–H groups in total. The van der Waals surface area contributed by atoms with E-state index in [1.807, 2.05) is 31.2 Å².